The lowest BCUT2D eigenvalue weighted by atomic mass is 10.0. The second kappa shape index (κ2) is 4.47. The van der Waals surface area contributed by atoms with Crippen molar-refractivity contribution in [1.82, 2.24) is 5.16 Å². The topological polar surface area (TPSA) is 26.0 Å². The van der Waals surface area contributed by atoms with Crippen molar-refractivity contribution in [3.8, 4) is 11.3 Å². The van der Waals surface area contributed by atoms with Gasteiger partial charge in [-0.05, 0) is 30.7 Å². The normalized spacial score (nSPS) is 12.7. The van der Waals surface area contributed by atoms with Crippen LogP contribution in [0.3, 0.4) is 0 Å². The fraction of sp³-hybridized carbons (Fsp3) is 0.308. The van der Waals surface area contributed by atoms with Crippen LogP contribution in [0, 0.1) is 5.82 Å². The number of rotatable bonds is 3. The van der Waals surface area contributed by atoms with Crippen LogP contribution in [0.5, 0.6) is 0 Å². The zero-order chi connectivity index (χ0) is 11.5. The third-order valence-corrected chi connectivity index (χ3v) is 2.77. The summed E-state index contributed by atoms with van der Waals surface area (Å²) in [6.45, 7) is 4.19. The molecule has 0 radical (unpaired) electrons. The van der Waals surface area contributed by atoms with Gasteiger partial charge in [0.1, 0.15) is 17.3 Å². The van der Waals surface area contributed by atoms with E-state index in [1.807, 2.05) is 6.07 Å². The molecule has 1 aromatic heterocycles. The summed E-state index contributed by atoms with van der Waals surface area (Å²) in [7, 11) is 0. The fourth-order valence-corrected chi connectivity index (χ4v) is 1.48. The van der Waals surface area contributed by atoms with Crippen LogP contribution in [0.25, 0.3) is 11.3 Å². The number of aromatic nitrogens is 1. The highest BCUT2D eigenvalue weighted by Crippen LogP contribution is 2.25. The third-order valence-electron chi connectivity index (χ3n) is 2.77. The van der Waals surface area contributed by atoms with Gasteiger partial charge in [-0.3, -0.25) is 0 Å². The van der Waals surface area contributed by atoms with Crippen LogP contribution < -0.4 is 0 Å². The van der Waals surface area contributed by atoms with Crippen LogP contribution in [-0.4, -0.2) is 5.16 Å². The zero-order valence-corrected chi connectivity index (χ0v) is 9.40. The molecule has 16 heavy (non-hydrogen) atoms. The highest BCUT2D eigenvalue weighted by molar-refractivity contribution is 5.58. The van der Waals surface area contributed by atoms with E-state index in [4.69, 9.17) is 4.52 Å². The van der Waals surface area contributed by atoms with E-state index in [2.05, 4.69) is 19.0 Å². The van der Waals surface area contributed by atoms with Crippen LogP contribution in [0.15, 0.2) is 34.9 Å². The summed E-state index contributed by atoms with van der Waals surface area (Å²) in [4.78, 5) is 0. The maximum Gasteiger partial charge on any atom is 0.140 e. The largest absolute Gasteiger partial charge is 0.361 e. The Hall–Kier alpha value is -1.64. The smallest absolute Gasteiger partial charge is 0.140 e. The molecule has 0 amide bonds. The Bertz CT molecular complexity index is 461. The first-order valence-corrected chi connectivity index (χ1v) is 5.43. The van der Waals surface area contributed by atoms with E-state index in [-0.39, 0.29) is 5.82 Å². The Labute approximate surface area is 94.1 Å². The van der Waals surface area contributed by atoms with E-state index in [0.717, 1.165) is 23.4 Å². The Balaban J connectivity index is 2.28. The molecule has 3 heteroatoms. The van der Waals surface area contributed by atoms with Crippen molar-refractivity contribution in [2.24, 2.45) is 0 Å². The SMILES string of the molecule is CCC(C)c1cc(-c2ccc(F)cc2)no1. The Morgan fingerprint density at radius 3 is 2.62 bits per heavy atom. The average Bonchev–Trinajstić information content (AvgIpc) is 2.78. The number of hydrogen-bond acceptors (Lipinski definition) is 2. The van der Waals surface area contributed by atoms with Crippen LogP contribution >= 0.6 is 0 Å². The number of nitrogens with zero attached hydrogens (tertiary/aromatic N) is 1. The first-order valence-electron chi connectivity index (χ1n) is 5.43. The van der Waals surface area contributed by atoms with Gasteiger partial charge in [0.05, 0.1) is 0 Å². The summed E-state index contributed by atoms with van der Waals surface area (Å²) >= 11 is 0. The summed E-state index contributed by atoms with van der Waals surface area (Å²) in [5, 5.41) is 3.99. The van der Waals surface area contributed by atoms with Gasteiger partial charge >= 0.3 is 0 Å². The lowest BCUT2D eigenvalue weighted by molar-refractivity contribution is 0.365. The van der Waals surface area contributed by atoms with Crippen molar-refractivity contribution in [3.05, 3.63) is 41.9 Å². The quantitative estimate of drug-likeness (QED) is 0.780. The van der Waals surface area contributed by atoms with Crippen LogP contribution in [-0.2, 0) is 0 Å². The molecule has 0 aliphatic carbocycles. The van der Waals surface area contributed by atoms with Crippen molar-refractivity contribution >= 4 is 0 Å². The predicted octanol–water partition coefficient (Wildman–Crippen LogP) is 3.99. The molecule has 0 spiro atoms. The number of benzene rings is 1. The van der Waals surface area contributed by atoms with Crippen molar-refractivity contribution < 1.29 is 8.91 Å². The van der Waals surface area contributed by atoms with Gasteiger partial charge in [0.25, 0.3) is 0 Å². The maximum atomic E-state index is 12.7. The molecule has 0 aliphatic rings. The molecule has 0 N–H and O–H groups in total. The van der Waals surface area contributed by atoms with Crippen LogP contribution in [0.2, 0.25) is 0 Å². The Kier molecular flexibility index (Phi) is 3.04. The highest BCUT2D eigenvalue weighted by Gasteiger charge is 2.11. The van der Waals surface area contributed by atoms with E-state index in [9.17, 15) is 4.39 Å². The summed E-state index contributed by atoms with van der Waals surface area (Å²) < 4.78 is 18.0. The van der Waals surface area contributed by atoms with E-state index < -0.39 is 0 Å². The summed E-state index contributed by atoms with van der Waals surface area (Å²) in [6.07, 6.45) is 1.01. The highest BCUT2D eigenvalue weighted by atomic mass is 19.1. The average molecular weight is 219 g/mol. The van der Waals surface area contributed by atoms with Gasteiger partial charge in [-0.15, -0.1) is 0 Å². The van der Waals surface area contributed by atoms with Gasteiger partial charge in [-0.2, -0.15) is 0 Å². The van der Waals surface area contributed by atoms with Crippen LogP contribution in [0.4, 0.5) is 4.39 Å². The van der Waals surface area contributed by atoms with Crippen molar-refractivity contribution in [3.63, 3.8) is 0 Å². The third kappa shape index (κ3) is 2.13. The molecule has 1 atom stereocenters. The van der Waals surface area contributed by atoms with E-state index in [1.165, 1.54) is 12.1 Å². The molecule has 0 aliphatic heterocycles. The molecule has 0 bridgehead atoms. The monoisotopic (exact) mass is 219 g/mol. The van der Waals surface area contributed by atoms with E-state index >= 15 is 0 Å². The molecule has 2 nitrogen and oxygen atoms in total. The minimum Gasteiger partial charge on any atom is -0.361 e. The van der Waals surface area contributed by atoms with Crippen molar-refractivity contribution in [2.75, 3.05) is 0 Å². The minimum atomic E-state index is -0.241. The minimum absolute atomic E-state index is 0.241. The van der Waals surface area contributed by atoms with Gasteiger partial charge in [0.2, 0.25) is 0 Å². The first-order chi connectivity index (χ1) is 7.70. The van der Waals surface area contributed by atoms with E-state index in [0.29, 0.717) is 5.92 Å². The molecule has 0 fully saturated rings. The second-order valence-corrected chi connectivity index (χ2v) is 3.93. The number of hydrogen-bond donors (Lipinski definition) is 0. The molecule has 1 heterocycles. The zero-order valence-electron chi connectivity index (χ0n) is 9.40. The molecular formula is C13H14FNO. The maximum absolute atomic E-state index is 12.7. The van der Waals surface area contributed by atoms with Gasteiger partial charge in [0.15, 0.2) is 0 Å². The predicted molar refractivity (Wildman–Crippen MR) is 60.6 cm³/mol. The Morgan fingerprint density at radius 1 is 1.31 bits per heavy atom. The van der Waals surface area contributed by atoms with Crippen molar-refractivity contribution in [1.29, 1.82) is 0 Å². The standard InChI is InChI=1S/C13H14FNO/c1-3-9(2)13-8-12(15-16-13)10-4-6-11(14)7-5-10/h4-9H,3H2,1-2H3. The Morgan fingerprint density at radius 2 is 2.00 bits per heavy atom. The summed E-state index contributed by atoms with van der Waals surface area (Å²) in [5.41, 5.74) is 1.63. The lowest BCUT2D eigenvalue weighted by Gasteiger charge is -2.00. The molecule has 2 aromatic rings. The molecule has 84 valence electrons. The van der Waals surface area contributed by atoms with Crippen LogP contribution in [0.1, 0.15) is 31.9 Å². The van der Waals surface area contributed by atoms with Gasteiger partial charge in [-0.1, -0.05) is 19.0 Å². The molecule has 0 saturated carbocycles. The molecule has 1 aromatic carbocycles. The number of halogens is 1. The fourth-order valence-electron chi connectivity index (χ4n) is 1.48. The first kappa shape index (κ1) is 10.9. The summed E-state index contributed by atoms with van der Waals surface area (Å²) in [6, 6.07) is 8.17. The molecule has 0 saturated heterocycles. The molecular weight excluding hydrogens is 205 g/mol. The summed E-state index contributed by atoms with van der Waals surface area (Å²) in [5.74, 6) is 0.998. The van der Waals surface area contributed by atoms with E-state index in [1.54, 1.807) is 12.1 Å². The van der Waals surface area contributed by atoms with Gasteiger partial charge in [0, 0.05) is 17.5 Å². The lowest BCUT2D eigenvalue weighted by Crippen LogP contribution is -1.86. The molecule has 1 unspecified atom stereocenters. The molecule has 2 rings (SSSR count). The second-order valence-electron chi connectivity index (χ2n) is 3.93. The van der Waals surface area contributed by atoms with Crippen molar-refractivity contribution in [2.45, 2.75) is 26.2 Å². The van der Waals surface area contributed by atoms with Gasteiger partial charge in [-0.25, -0.2) is 4.39 Å². The van der Waals surface area contributed by atoms with Gasteiger partial charge < -0.3 is 4.52 Å².